The van der Waals surface area contributed by atoms with E-state index < -0.39 is 5.97 Å². The van der Waals surface area contributed by atoms with Gasteiger partial charge in [-0.15, -0.1) is 0 Å². The van der Waals surface area contributed by atoms with Crippen LogP contribution in [0, 0.1) is 5.92 Å². The molecule has 0 saturated carbocycles. The van der Waals surface area contributed by atoms with Crippen LogP contribution in [0.5, 0.6) is 0 Å². The number of likely N-dealkylation sites (tertiary alicyclic amines) is 1. The molecule has 1 saturated heterocycles. The lowest BCUT2D eigenvalue weighted by Crippen LogP contribution is -2.40. The summed E-state index contributed by atoms with van der Waals surface area (Å²) in [5.74, 6) is -0.890. The average molecular weight is 367 g/mol. The minimum absolute atomic E-state index is 0.219. The topological polar surface area (TPSA) is 49.8 Å². The normalized spacial score (nSPS) is 17.7. The highest BCUT2D eigenvalue weighted by molar-refractivity contribution is 5.70. The first-order chi connectivity index (χ1) is 13.2. The Hall–Kier alpha value is -2.17. The average Bonchev–Trinajstić information content (AvgIpc) is 2.70. The van der Waals surface area contributed by atoms with E-state index in [-0.39, 0.29) is 5.92 Å². The summed E-state index contributed by atoms with van der Waals surface area (Å²) in [6.07, 6.45) is 3.61. The first-order valence-electron chi connectivity index (χ1n) is 9.86. The summed E-state index contributed by atoms with van der Waals surface area (Å²) in [6.45, 7) is 3.80. The van der Waals surface area contributed by atoms with Gasteiger partial charge in [0.2, 0.25) is 0 Å². The van der Waals surface area contributed by atoms with E-state index in [1.165, 1.54) is 16.7 Å². The first-order valence-corrected chi connectivity index (χ1v) is 9.86. The summed E-state index contributed by atoms with van der Waals surface area (Å²) < 4.78 is 5.85. The van der Waals surface area contributed by atoms with Crippen LogP contribution in [0.15, 0.2) is 54.6 Å². The van der Waals surface area contributed by atoms with Crippen LogP contribution in [0.3, 0.4) is 0 Å². The minimum Gasteiger partial charge on any atom is -0.481 e. The zero-order chi connectivity index (χ0) is 18.9. The molecule has 4 nitrogen and oxygen atoms in total. The third-order valence-electron chi connectivity index (χ3n) is 5.28. The van der Waals surface area contributed by atoms with Gasteiger partial charge in [0, 0.05) is 13.1 Å². The van der Waals surface area contributed by atoms with Gasteiger partial charge in [-0.25, -0.2) is 0 Å². The van der Waals surface area contributed by atoms with E-state index in [1.807, 2.05) is 6.07 Å². The molecule has 1 aliphatic heterocycles. The standard InChI is InChI=1S/C23H29NO3/c25-23(26)22-11-6-13-24(18-22)14-16-27-15-12-20-9-4-5-10-21(20)17-19-7-2-1-3-8-19/h1-5,7-10,22H,6,11-18H2,(H,25,26)/t22-/m0/s1. The molecule has 1 fully saturated rings. The van der Waals surface area contributed by atoms with Gasteiger partial charge >= 0.3 is 5.97 Å². The van der Waals surface area contributed by atoms with E-state index in [0.717, 1.165) is 38.8 Å². The van der Waals surface area contributed by atoms with Crippen LogP contribution >= 0.6 is 0 Å². The lowest BCUT2D eigenvalue weighted by molar-refractivity contribution is -0.143. The van der Waals surface area contributed by atoms with Crippen LogP contribution in [0.1, 0.15) is 29.5 Å². The predicted molar refractivity (Wildman–Crippen MR) is 107 cm³/mol. The molecule has 0 amide bonds. The van der Waals surface area contributed by atoms with Gasteiger partial charge in [-0.3, -0.25) is 4.79 Å². The van der Waals surface area contributed by atoms with Crippen LogP contribution in [0.4, 0.5) is 0 Å². The fourth-order valence-corrected chi connectivity index (χ4v) is 3.73. The van der Waals surface area contributed by atoms with Gasteiger partial charge < -0.3 is 14.7 Å². The maximum atomic E-state index is 11.1. The Kier molecular flexibility index (Phi) is 7.43. The Bertz CT molecular complexity index is 717. The molecule has 1 heterocycles. The molecule has 0 bridgehead atoms. The van der Waals surface area contributed by atoms with E-state index in [9.17, 15) is 4.79 Å². The van der Waals surface area contributed by atoms with Crippen LogP contribution in [0.2, 0.25) is 0 Å². The van der Waals surface area contributed by atoms with Crippen LogP contribution in [-0.4, -0.2) is 48.8 Å². The molecule has 0 unspecified atom stereocenters. The number of carbonyl (C=O) groups is 1. The lowest BCUT2D eigenvalue weighted by Gasteiger charge is -2.30. The molecule has 27 heavy (non-hydrogen) atoms. The fourth-order valence-electron chi connectivity index (χ4n) is 3.73. The fraction of sp³-hybridized carbons (Fsp3) is 0.435. The highest BCUT2D eigenvalue weighted by Crippen LogP contribution is 2.17. The van der Waals surface area contributed by atoms with Crippen molar-refractivity contribution in [1.29, 1.82) is 0 Å². The van der Waals surface area contributed by atoms with Crippen molar-refractivity contribution in [2.24, 2.45) is 5.92 Å². The third kappa shape index (κ3) is 6.19. The van der Waals surface area contributed by atoms with Gasteiger partial charge in [0.05, 0.1) is 19.1 Å². The van der Waals surface area contributed by atoms with Gasteiger partial charge in [0.25, 0.3) is 0 Å². The second kappa shape index (κ2) is 10.2. The molecule has 1 atom stereocenters. The number of piperidine rings is 1. The highest BCUT2D eigenvalue weighted by atomic mass is 16.5. The molecule has 0 aliphatic carbocycles. The molecule has 0 aromatic heterocycles. The minimum atomic E-state index is -0.671. The Labute approximate surface area is 161 Å². The van der Waals surface area contributed by atoms with Gasteiger partial charge in [0.15, 0.2) is 0 Å². The molecule has 1 N–H and O–H groups in total. The van der Waals surface area contributed by atoms with Gasteiger partial charge in [-0.05, 0) is 48.9 Å². The van der Waals surface area contributed by atoms with Crippen LogP contribution in [-0.2, 0) is 22.4 Å². The second-order valence-corrected chi connectivity index (χ2v) is 7.27. The molecule has 2 aromatic rings. The largest absolute Gasteiger partial charge is 0.481 e. The van der Waals surface area contributed by atoms with Crippen molar-refractivity contribution in [3.63, 3.8) is 0 Å². The Morgan fingerprint density at radius 2 is 1.78 bits per heavy atom. The van der Waals surface area contributed by atoms with Gasteiger partial charge in [-0.1, -0.05) is 54.6 Å². The molecular formula is C23H29NO3. The number of benzene rings is 2. The van der Waals surface area contributed by atoms with Gasteiger partial charge in [-0.2, -0.15) is 0 Å². The van der Waals surface area contributed by atoms with E-state index >= 15 is 0 Å². The SMILES string of the molecule is O=C(O)[C@H]1CCCN(CCOCCc2ccccc2Cc2ccccc2)C1. The predicted octanol–water partition coefficient (Wildman–Crippen LogP) is 3.63. The zero-order valence-electron chi connectivity index (χ0n) is 15.8. The quantitative estimate of drug-likeness (QED) is 0.688. The third-order valence-corrected chi connectivity index (χ3v) is 5.28. The van der Waals surface area contributed by atoms with Gasteiger partial charge in [0.1, 0.15) is 0 Å². The number of nitrogens with zero attached hydrogens (tertiary/aromatic N) is 1. The number of carboxylic acid groups (broad SMARTS) is 1. The zero-order valence-corrected chi connectivity index (χ0v) is 15.8. The number of ether oxygens (including phenoxy) is 1. The van der Waals surface area contributed by atoms with Crippen molar-refractivity contribution in [1.82, 2.24) is 4.90 Å². The molecule has 144 valence electrons. The van der Waals surface area contributed by atoms with Crippen molar-refractivity contribution in [3.8, 4) is 0 Å². The molecule has 4 heteroatoms. The van der Waals surface area contributed by atoms with Crippen molar-refractivity contribution in [2.45, 2.75) is 25.7 Å². The van der Waals surface area contributed by atoms with E-state index in [2.05, 4.69) is 53.4 Å². The molecule has 1 aliphatic rings. The van der Waals surface area contributed by atoms with E-state index in [1.54, 1.807) is 0 Å². The molecule has 0 radical (unpaired) electrons. The summed E-state index contributed by atoms with van der Waals surface area (Å²) in [6, 6.07) is 19.1. The van der Waals surface area contributed by atoms with Crippen molar-refractivity contribution in [3.05, 3.63) is 71.3 Å². The lowest BCUT2D eigenvalue weighted by atomic mass is 9.98. The molecular weight excluding hydrogens is 338 g/mol. The number of aliphatic carboxylic acids is 1. The number of hydrogen-bond acceptors (Lipinski definition) is 3. The summed E-state index contributed by atoms with van der Waals surface area (Å²) in [5.41, 5.74) is 4.02. The van der Waals surface area contributed by atoms with Crippen molar-refractivity contribution >= 4 is 5.97 Å². The smallest absolute Gasteiger partial charge is 0.307 e. The maximum Gasteiger partial charge on any atom is 0.307 e. The highest BCUT2D eigenvalue weighted by Gasteiger charge is 2.24. The number of hydrogen-bond donors (Lipinski definition) is 1. The van der Waals surface area contributed by atoms with E-state index in [0.29, 0.717) is 19.8 Å². The summed E-state index contributed by atoms with van der Waals surface area (Å²) >= 11 is 0. The molecule has 3 rings (SSSR count). The van der Waals surface area contributed by atoms with E-state index in [4.69, 9.17) is 9.84 Å². The Morgan fingerprint density at radius 1 is 1.04 bits per heavy atom. The van der Waals surface area contributed by atoms with Crippen LogP contribution < -0.4 is 0 Å². The maximum absolute atomic E-state index is 11.1. The molecule has 2 aromatic carbocycles. The summed E-state index contributed by atoms with van der Waals surface area (Å²) in [4.78, 5) is 13.4. The first kappa shape index (κ1) is 19.6. The number of carboxylic acids is 1. The monoisotopic (exact) mass is 367 g/mol. The number of rotatable bonds is 9. The van der Waals surface area contributed by atoms with Crippen molar-refractivity contribution in [2.75, 3.05) is 32.8 Å². The summed E-state index contributed by atoms with van der Waals surface area (Å²) in [7, 11) is 0. The molecule has 0 spiro atoms. The van der Waals surface area contributed by atoms with Crippen LogP contribution in [0.25, 0.3) is 0 Å². The Morgan fingerprint density at radius 3 is 2.56 bits per heavy atom. The second-order valence-electron chi connectivity index (χ2n) is 7.27. The van der Waals surface area contributed by atoms with Crippen molar-refractivity contribution < 1.29 is 14.6 Å². The Balaban J connectivity index is 1.41. The summed E-state index contributed by atoms with van der Waals surface area (Å²) in [5, 5.41) is 9.17.